The lowest BCUT2D eigenvalue weighted by Gasteiger charge is -2.37. The molecule has 0 bridgehead atoms. The highest BCUT2D eigenvalue weighted by Crippen LogP contribution is 2.35. The lowest BCUT2D eigenvalue weighted by atomic mass is 9.77. The Labute approximate surface area is 101 Å². The highest BCUT2D eigenvalue weighted by Gasteiger charge is 2.30. The third-order valence-corrected chi connectivity index (χ3v) is 3.86. The van der Waals surface area contributed by atoms with Gasteiger partial charge in [0.1, 0.15) is 5.82 Å². The summed E-state index contributed by atoms with van der Waals surface area (Å²) >= 11 is 0. The van der Waals surface area contributed by atoms with E-state index >= 15 is 0 Å². The average molecular weight is 232 g/mol. The van der Waals surface area contributed by atoms with E-state index in [2.05, 4.69) is 16.4 Å². The molecule has 3 heteroatoms. The van der Waals surface area contributed by atoms with Gasteiger partial charge in [-0.25, -0.2) is 4.39 Å². The molecule has 0 saturated carbocycles. The molecule has 1 aromatic heterocycles. The molecule has 1 aliphatic heterocycles. The molecule has 0 unspecified atom stereocenters. The normalized spacial score (nSPS) is 28.4. The molecule has 0 spiro atoms. The van der Waals surface area contributed by atoms with Gasteiger partial charge in [-0.3, -0.25) is 4.98 Å². The monoisotopic (exact) mass is 232 g/mol. The molecule has 0 amide bonds. The summed E-state index contributed by atoms with van der Waals surface area (Å²) in [7, 11) is 0. The molecule has 0 radical (unpaired) electrons. The van der Waals surface area contributed by atoms with Crippen molar-refractivity contribution in [3.05, 3.63) is 35.9 Å². The van der Waals surface area contributed by atoms with Crippen molar-refractivity contribution in [3.8, 4) is 0 Å². The molecule has 0 aromatic carbocycles. The summed E-state index contributed by atoms with van der Waals surface area (Å²) in [6.45, 7) is 1.07. The van der Waals surface area contributed by atoms with Crippen LogP contribution in [0.3, 0.4) is 0 Å². The fourth-order valence-corrected chi connectivity index (χ4v) is 3.08. The molecule has 1 saturated heterocycles. The van der Waals surface area contributed by atoms with Crippen molar-refractivity contribution >= 4 is 5.57 Å². The quantitative estimate of drug-likeness (QED) is 0.805. The SMILES string of the molecule is Fc1cncc(C2=CCC[C@H]3CCCN[C@@H]23)c1. The standard InChI is InChI=1S/C14H17FN2/c15-12-7-11(8-16-9-12)13-5-1-3-10-4-2-6-17-14(10)13/h5,7-10,14,17H,1-4,6H2/t10-,14+/m0/s1. The molecule has 1 aromatic rings. The van der Waals surface area contributed by atoms with Crippen LogP contribution in [0.4, 0.5) is 4.39 Å². The van der Waals surface area contributed by atoms with Crippen LogP contribution in [0.1, 0.15) is 31.2 Å². The predicted molar refractivity (Wildman–Crippen MR) is 65.9 cm³/mol. The highest BCUT2D eigenvalue weighted by molar-refractivity contribution is 5.70. The van der Waals surface area contributed by atoms with Crippen LogP contribution < -0.4 is 5.32 Å². The van der Waals surface area contributed by atoms with Gasteiger partial charge in [-0.1, -0.05) is 6.08 Å². The molecular weight excluding hydrogens is 215 g/mol. The topological polar surface area (TPSA) is 24.9 Å². The Morgan fingerprint density at radius 2 is 2.24 bits per heavy atom. The fraction of sp³-hybridized carbons (Fsp3) is 0.500. The second-order valence-electron chi connectivity index (χ2n) is 4.96. The summed E-state index contributed by atoms with van der Waals surface area (Å²) in [6.07, 6.45) is 10.2. The average Bonchev–Trinajstić information content (AvgIpc) is 2.38. The minimum atomic E-state index is -0.249. The first-order valence-electron chi connectivity index (χ1n) is 6.39. The highest BCUT2D eigenvalue weighted by atomic mass is 19.1. The lowest BCUT2D eigenvalue weighted by Crippen LogP contribution is -2.43. The van der Waals surface area contributed by atoms with Crippen LogP contribution in [0.2, 0.25) is 0 Å². The number of rotatable bonds is 1. The zero-order valence-corrected chi connectivity index (χ0v) is 9.82. The largest absolute Gasteiger partial charge is 0.310 e. The molecule has 1 N–H and O–H groups in total. The maximum atomic E-state index is 13.2. The van der Waals surface area contributed by atoms with Crippen molar-refractivity contribution in [1.82, 2.24) is 10.3 Å². The maximum Gasteiger partial charge on any atom is 0.142 e. The van der Waals surface area contributed by atoms with Gasteiger partial charge in [0.05, 0.1) is 6.20 Å². The molecule has 17 heavy (non-hydrogen) atoms. The van der Waals surface area contributed by atoms with Gasteiger partial charge in [-0.05, 0) is 49.8 Å². The van der Waals surface area contributed by atoms with Gasteiger partial charge in [0.15, 0.2) is 0 Å². The summed E-state index contributed by atoms with van der Waals surface area (Å²) in [5.74, 6) is 0.466. The Morgan fingerprint density at radius 3 is 3.12 bits per heavy atom. The number of allylic oxidation sites excluding steroid dienone is 1. The number of piperidine rings is 1. The number of fused-ring (bicyclic) bond motifs is 1. The molecule has 1 fully saturated rings. The summed E-state index contributed by atoms with van der Waals surface area (Å²) in [5, 5.41) is 3.57. The Balaban J connectivity index is 1.93. The number of hydrogen-bond acceptors (Lipinski definition) is 2. The van der Waals surface area contributed by atoms with Crippen LogP contribution in [0.15, 0.2) is 24.5 Å². The number of hydrogen-bond donors (Lipinski definition) is 1. The van der Waals surface area contributed by atoms with Crippen LogP contribution in [0, 0.1) is 11.7 Å². The van der Waals surface area contributed by atoms with Gasteiger partial charge >= 0.3 is 0 Å². The second kappa shape index (κ2) is 4.57. The van der Waals surface area contributed by atoms with Crippen molar-refractivity contribution in [1.29, 1.82) is 0 Å². The summed E-state index contributed by atoms with van der Waals surface area (Å²) in [5.41, 5.74) is 2.18. The molecule has 2 aliphatic rings. The van der Waals surface area contributed by atoms with Crippen molar-refractivity contribution in [3.63, 3.8) is 0 Å². The Bertz CT molecular complexity index is 442. The van der Waals surface area contributed by atoms with Crippen LogP contribution >= 0.6 is 0 Å². The van der Waals surface area contributed by atoms with Crippen LogP contribution in [0.25, 0.3) is 5.57 Å². The summed E-state index contributed by atoms with van der Waals surface area (Å²) in [6, 6.07) is 2.00. The Hall–Kier alpha value is -1.22. The van der Waals surface area contributed by atoms with E-state index in [0.29, 0.717) is 12.0 Å². The first kappa shape index (κ1) is 10.9. The van der Waals surface area contributed by atoms with E-state index in [1.54, 1.807) is 12.3 Å². The van der Waals surface area contributed by atoms with Crippen LogP contribution in [-0.2, 0) is 0 Å². The third kappa shape index (κ3) is 2.12. The summed E-state index contributed by atoms with van der Waals surface area (Å²) < 4.78 is 13.2. The number of halogens is 1. The molecule has 1 aliphatic carbocycles. The minimum absolute atomic E-state index is 0.249. The third-order valence-electron chi connectivity index (χ3n) is 3.86. The van der Waals surface area contributed by atoms with Gasteiger partial charge in [-0.2, -0.15) is 0 Å². The predicted octanol–water partition coefficient (Wildman–Crippen LogP) is 2.77. The van der Waals surface area contributed by atoms with Crippen molar-refractivity contribution in [2.45, 2.75) is 31.7 Å². The number of nitrogens with zero attached hydrogens (tertiary/aromatic N) is 1. The van der Waals surface area contributed by atoms with Crippen molar-refractivity contribution in [2.24, 2.45) is 5.92 Å². The van der Waals surface area contributed by atoms with E-state index in [1.807, 2.05) is 0 Å². The van der Waals surface area contributed by atoms with E-state index in [1.165, 1.54) is 31.0 Å². The maximum absolute atomic E-state index is 13.2. The van der Waals surface area contributed by atoms with Crippen LogP contribution in [0.5, 0.6) is 0 Å². The van der Waals surface area contributed by atoms with Gasteiger partial charge in [0.25, 0.3) is 0 Å². The van der Waals surface area contributed by atoms with Gasteiger partial charge in [0, 0.05) is 17.8 Å². The van der Waals surface area contributed by atoms with Crippen molar-refractivity contribution in [2.75, 3.05) is 6.54 Å². The first-order valence-corrected chi connectivity index (χ1v) is 6.39. The van der Waals surface area contributed by atoms with E-state index < -0.39 is 0 Å². The Kier molecular flexibility index (Phi) is 2.93. The summed E-state index contributed by atoms with van der Waals surface area (Å²) in [4.78, 5) is 3.95. The van der Waals surface area contributed by atoms with E-state index in [4.69, 9.17) is 0 Å². The van der Waals surface area contributed by atoms with E-state index in [0.717, 1.165) is 18.5 Å². The van der Waals surface area contributed by atoms with Gasteiger partial charge < -0.3 is 5.32 Å². The molecular formula is C14H17FN2. The lowest BCUT2D eigenvalue weighted by molar-refractivity contribution is 0.304. The smallest absolute Gasteiger partial charge is 0.142 e. The molecule has 2 nitrogen and oxygen atoms in total. The fourth-order valence-electron chi connectivity index (χ4n) is 3.08. The van der Waals surface area contributed by atoms with Crippen LogP contribution in [-0.4, -0.2) is 17.6 Å². The number of pyridine rings is 1. The second-order valence-corrected chi connectivity index (χ2v) is 4.96. The minimum Gasteiger partial charge on any atom is -0.310 e. The zero-order valence-electron chi connectivity index (χ0n) is 9.82. The molecule has 90 valence electrons. The number of aromatic nitrogens is 1. The number of nitrogens with one attached hydrogen (secondary N) is 1. The first-order chi connectivity index (χ1) is 8.34. The van der Waals surface area contributed by atoms with Gasteiger partial charge in [-0.15, -0.1) is 0 Å². The zero-order chi connectivity index (χ0) is 11.7. The van der Waals surface area contributed by atoms with Crippen molar-refractivity contribution < 1.29 is 4.39 Å². The van der Waals surface area contributed by atoms with E-state index in [9.17, 15) is 4.39 Å². The molecule has 3 rings (SSSR count). The van der Waals surface area contributed by atoms with E-state index in [-0.39, 0.29) is 5.82 Å². The van der Waals surface area contributed by atoms with Gasteiger partial charge in [0.2, 0.25) is 0 Å². The molecule has 2 heterocycles. The molecule has 2 atom stereocenters. The Morgan fingerprint density at radius 1 is 1.29 bits per heavy atom.